The van der Waals surface area contributed by atoms with Crippen molar-refractivity contribution in [2.45, 2.75) is 31.4 Å². The molecular formula is C23H31F6N5O6. The second kappa shape index (κ2) is 15.4. The Morgan fingerprint density at radius 3 is 2.02 bits per heavy atom. The van der Waals surface area contributed by atoms with Gasteiger partial charge in [-0.25, -0.2) is 9.59 Å². The standard InChI is InChI=1S/C19H29N5O2.2C2HF3O2/c1-22(2)9-10-26-14-16-12-24(13-18-19(16)23(3)21-20-18)11-15-5-7-17(25-4)8-6-15;2*3-2(4,5)1(6)7/h5-8,16H,9-14H2,1-4H3;2*(H,6,7). The van der Waals surface area contributed by atoms with Gasteiger partial charge in [-0.2, -0.15) is 26.3 Å². The first-order valence-corrected chi connectivity index (χ1v) is 11.5. The highest BCUT2D eigenvalue weighted by atomic mass is 19.4. The summed E-state index contributed by atoms with van der Waals surface area (Å²) in [5.74, 6) is -4.34. The number of hydrogen-bond donors (Lipinski definition) is 2. The second-order valence-corrected chi connectivity index (χ2v) is 8.74. The Morgan fingerprint density at radius 1 is 1.05 bits per heavy atom. The van der Waals surface area contributed by atoms with Crippen molar-refractivity contribution < 1.29 is 55.6 Å². The molecule has 1 aromatic carbocycles. The molecule has 1 aromatic heterocycles. The van der Waals surface area contributed by atoms with E-state index in [1.54, 1.807) is 7.11 Å². The normalized spacial score (nSPS) is 15.3. The highest BCUT2D eigenvalue weighted by Gasteiger charge is 2.39. The summed E-state index contributed by atoms with van der Waals surface area (Å²) in [4.78, 5) is 22.3. The Labute approximate surface area is 225 Å². The molecule has 0 fully saturated rings. The Bertz CT molecular complexity index is 1050. The summed E-state index contributed by atoms with van der Waals surface area (Å²) < 4.78 is 76.6. The van der Waals surface area contributed by atoms with Gasteiger partial charge in [0.15, 0.2) is 0 Å². The van der Waals surface area contributed by atoms with E-state index >= 15 is 0 Å². The van der Waals surface area contributed by atoms with Gasteiger partial charge in [0.1, 0.15) is 11.4 Å². The molecule has 3 rings (SSSR count). The first kappa shape index (κ1) is 34.6. The molecule has 1 unspecified atom stereocenters. The molecule has 11 nitrogen and oxygen atoms in total. The fraction of sp³-hybridized carbons (Fsp3) is 0.565. The predicted molar refractivity (Wildman–Crippen MR) is 128 cm³/mol. The van der Waals surface area contributed by atoms with E-state index < -0.39 is 24.3 Å². The van der Waals surface area contributed by atoms with E-state index in [0.29, 0.717) is 12.5 Å². The van der Waals surface area contributed by atoms with Crippen molar-refractivity contribution in [1.29, 1.82) is 0 Å². The fourth-order valence-electron chi connectivity index (χ4n) is 3.41. The topological polar surface area (TPSA) is 130 Å². The van der Waals surface area contributed by atoms with Crippen LogP contribution in [0, 0.1) is 0 Å². The number of aliphatic carboxylic acids is 2. The number of hydrogen-bond acceptors (Lipinski definition) is 8. The third kappa shape index (κ3) is 12.2. The molecule has 1 atom stereocenters. The lowest BCUT2D eigenvalue weighted by atomic mass is 9.98. The van der Waals surface area contributed by atoms with Gasteiger partial charge in [-0.1, -0.05) is 17.3 Å². The van der Waals surface area contributed by atoms with Gasteiger partial charge >= 0.3 is 24.3 Å². The van der Waals surface area contributed by atoms with Gasteiger partial charge in [-0.05, 0) is 31.8 Å². The van der Waals surface area contributed by atoms with Crippen LogP contribution in [-0.4, -0.2) is 107 Å². The van der Waals surface area contributed by atoms with Crippen molar-refractivity contribution >= 4 is 11.9 Å². The van der Waals surface area contributed by atoms with Gasteiger partial charge in [-0.15, -0.1) is 5.10 Å². The summed E-state index contributed by atoms with van der Waals surface area (Å²) in [6.07, 6.45) is -10.2. The minimum Gasteiger partial charge on any atom is -0.497 e. The summed E-state index contributed by atoms with van der Waals surface area (Å²) in [6, 6.07) is 8.25. The van der Waals surface area contributed by atoms with E-state index in [0.717, 1.165) is 44.2 Å². The molecule has 2 heterocycles. The van der Waals surface area contributed by atoms with Crippen molar-refractivity contribution in [2.24, 2.45) is 7.05 Å². The molecule has 0 amide bonds. The zero-order valence-electron chi connectivity index (χ0n) is 22.2. The number of likely N-dealkylation sites (N-methyl/N-ethyl adjacent to an activating group) is 1. The van der Waals surface area contributed by atoms with Crippen molar-refractivity contribution in [3.8, 4) is 5.75 Å². The maximum Gasteiger partial charge on any atom is 0.490 e. The highest BCUT2D eigenvalue weighted by molar-refractivity contribution is 5.73. The monoisotopic (exact) mass is 587 g/mol. The lowest BCUT2D eigenvalue weighted by molar-refractivity contribution is -0.193. The first-order chi connectivity index (χ1) is 18.4. The summed E-state index contributed by atoms with van der Waals surface area (Å²) in [5.41, 5.74) is 3.54. The third-order valence-corrected chi connectivity index (χ3v) is 5.23. The van der Waals surface area contributed by atoms with Crippen LogP contribution in [0.5, 0.6) is 5.75 Å². The molecular weight excluding hydrogens is 556 g/mol. The summed E-state index contributed by atoms with van der Waals surface area (Å²) in [7, 11) is 7.78. The third-order valence-electron chi connectivity index (χ3n) is 5.23. The zero-order valence-corrected chi connectivity index (χ0v) is 22.2. The van der Waals surface area contributed by atoms with E-state index in [4.69, 9.17) is 29.3 Å². The number of ether oxygens (including phenoxy) is 2. The average Bonchev–Trinajstić information content (AvgIpc) is 3.22. The van der Waals surface area contributed by atoms with Crippen LogP contribution in [0.3, 0.4) is 0 Å². The van der Waals surface area contributed by atoms with Crippen molar-refractivity contribution in [2.75, 3.05) is 47.5 Å². The number of carbonyl (C=O) groups is 2. The van der Waals surface area contributed by atoms with E-state index in [-0.39, 0.29) is 0 Å². The Balaban J connectivity index is 0.000000473. The lowest BCUT2D eigenvalue weighted by Crippen LogP contribution is -2.36. The molecule has 0 saturated heterocycles. The smallest absolute Gasteiger partial charge is 0.490 e. The van der Waals surface area contributed by atoms with Gasteiger partial charge in [0, 0.05) is 39.1 Å². The van der Waals surface area contributed by atoms with Gasteiger partial charge in [-0.3, -0.25) is 9.58 Å². The molecule has 0 radical (unpaired) electrons. The zero-order chi connectivity index (χ0) is 30.7. The Morgan fingerprint density at radius 2 is 1.57 bits per heavy atom. The maximum absolute atomic E-state index is 10.6. The number of aryl methyl sites for hydroxylation is 1. The number of alkyl halides is 6. The number of carboxylic acid groups (broad SMARTS) is 2. The predicted octanol–water partition coefficient (Wildman–Crippen LogP) is 2.77. The molecule has 1 aliphatic heterocycles. The summed E-state index contributed by atoms with van der Waals surface area (Å²) in [5, 5.41) is 22.8. The van der Waals surface area contributed by atoms with Gasteiger partial charge in [0.25, 0.3) is 0 Å². The van der Waals surface area contributed by atoms with E-state index in [1.807, 2.05) is 23.9 Å². The fourth-order valence-corrected chi connectivity index (χ4v) is 3.41. The van der Waals surface area contributed by atoms with Gasteiger partial charge < -0.3 is 24.6 Å². The van der Waals surface area contributed by atoms with Crippen LogP contribution < -0.4 is 4.74 Å². The van der Waals surface area contributed by atoms with Crippen LogP contribution in [-0.2, 0) is 34.5 Å². The number of fused-ring (bicyclic) bond motifs is 1. The van der Waals surface area contributed by atoms with Crippen LogP contribution in [0.1, 0.15) is 22.9 Å². The molecule has 226 valence electrons. The second-order valence-electron chi connectivity index (χ2n) is 8.74. The number of halogens is 6. The Kier molecular flexibility index (Phi) is 13.3. The van der Waals surface area contributed by atoms with Crippen molar-refractivity contribution in [3.63, 3.8) is 0 Å². The van der Waals surface area contributed by atoms with E-state index in [9.17, 15) is 26.3 Å². The number of carboxylic acids is 2. The SMILES string of the molecule is COc1ccc(CN2Cc3nnn(C)c3C(COCCN(C)C)C2)cc1.O=C(O)C(F)(F)F.O=C(O)C(F)(F)F. The summed E-state index contributed by atoms with van der Waals surface area (Å²) >= 11 is 0. The van der Waals surface area contributed by atoms with Crippen LogP contribution in [0.4, 0.5) is 26.3 Å². The van der Waals surface area contributed by atoms with Crippen LogP contribution in [0.2, 0.25) is 0 Å². The number of rotatable bonds is 8. The minimum atomic E-state index is -5.08. The van der Waals surface area contributed by atoms with Crippen LogP contribution >= 0.6 is 0 Å². The maximum atomic E-state index is 10.6. The van der Waals surface area contributed by atoms with Gasteiger partial charge in [0.05, 0.1) is 26.0 Å². The minimum absolute atomic E-state index is 0.291. The molecule has 2 N–H and O–H groups in total. The van der Waals surface area contributed by atoms with E-state index in [2.05, 4.69) is 46.3 Å². The number of nitrogens with zero attached hydrogens (tertiary/aromatic N) is 5. The molecule has 0 bridgehead atoms. The lowest BCUT2D eigenvalue weighted by Gasteiger charge is -2.32. The highest BCUT2D eigenvalue weighted by Crippen LogP contribution is 2.28. The molecule has 17 heteroatoms. The Hall–Kier alpha value is -3.44. The molecule has 0 spiro atoms. The molecule has 2 aromatic rings. The first-order valence-electron chi connectivity index (χ1n) is 11.5. The molecule has 0 saturated carbocycles. The van der Waals surface area contributed by atoms with Crippen LogP contribution in [0.15, 0.2) is 24.3 Å². The summed E-state index contributed by atoms with van der Waals surface area (Å²) in [6.45, 7) is 5.02. The number of methoxy groups -OCH3 is 1. The van der Waals surface area contributed by atoms with Crippen LogP contribution in [0.25, 0.3) is 0 Å². The molecule has 0 aliphatic carbocycles. The number of aromatic nitrogens is 3. The van der Waals surface area contributed by atoms with Crippen molar-refractivity contribution in [3.05, 3.63) is 41.2 Å². The van der Waals surface area contributed by atoms with E-state index in [1.165, 1.54) is 11.3 Å². The molecule has 1 aliphatic rings. The quantitative estimate of drug-likeness (QED) is 0.351. The largest absolute Gasteiger partial charge is 0.497 e. The van der Waals surface area contributed by atoms with Crippen molar-refractivity contribution in [1.82, 2.24) is 24.8 Å². The average molecular weight is 588 g/mol. The molecule has 40 heavy (non-hydrogen) atoms. The van der Waals surface area contributed by atoms with Gasteiger partial charge in [0.2, 0.25) is 0 Å². The number of benzene rings is 1.